The number of carbonyl (C=O) groups is 2. The maximum absolute atomic E-state index is 12.1. The SMILES string of the molecule is CC(C)CC(CNC(=O)c1cccc(Cl)c1Cl)CC(=O)O. The summed E-state index contributed by atoms with van der Waals surface area (Å²) in [5, 5.41) is 12.2. The van der Waals surface area contributed by atoms with Gasteiger partial charge < -0.3 is 10.4 Å². The highest BCUT2D eigenvalue weighted by Crippen LogP contribution is 2.25. The fourth-order valence-corrected chi connectivity index (χ4v) is 2.55. The van der Waals surface area contributed by atoms with E-state index < -0.39 is 5.97 Å². The zero-order chi connectivity index (χ0) is 16.0. The van der Waals surface area contributed by atoms with Gasteiger partial charge in [-0.05, 0) is 30.4 Å². The summed E-state index contributed by atoms with van der Waals surface area (Å²) in [4.78, 5) is 22.9. The molecule has 0 heterocycles. The molecule has 0 aliphatic rings. The molecule has 0 aliphatic heterocycles. The fourth-order valence-electron chi connectivity index (χ4n) is 2.16. The maximum Gasteiger partial charge on any atom is 0.303 e. The first-order valence-electron chi connectivity index (χ1n) is 6.75. The van der Waals surface area contributed by atoms with E-state index in [1.807, 2.05) is 13.8 Å². The lowest BCUT2D eigenvalue weighted by atomic mass is 9.94. The van der Waals surface area contributed by atoms with Crippen LogP contribution in [0.4, 0.5) is 0 Å². The first-order valence-corrected chi connectivity index (χ1v) is 7.50. The van der Waals surface area contributed by atoms with E-state index in [9.17, 15) is 9.59 Å². The number of hydrogen-bond donors (Lipinski definition) is 2. The molecule has 116 valence electrons. The van der Waals surface area contributed by atoms with Crippen LogP contribution in [0.25, 0.3) is 0 Å². The van der Waals surface area contributed by atoms with E-state index in [4.69, 9.17) is 28.3 Å². The highest BCUT2D eigenvalue weighted by molar-refractivity contribution is 6.43. The Bertz CT molecular complexity index is 518. The van der Waals surface area contributed by atoms with Gasteiger partial charge in [-0.3, -0.25) is 9.59 Å². The van der Waals surface area contributed by atoms with Gasteiger partial charge in [0.2, 0.25) is 0 Å². The van der Waals surface area contributed by atoms with Gasteiger partial charge in [-0.15, -0.1) is 0 Å². The van der Waals surface area contributed by atoms with E-state index >= 15 is 0 Å². The highest BCUT2D eigenvalue weighted by atomic mass is 35.5. The predicted molar refractivity (Wildman–Crippen MR) is 84.0 cm³/mol. The number of hydrogen-bond acceptors (Lipinski definition) is 2. The molecule has 1 atom stereocenters. The normalized spacial score (nSPS) is 12.2. The number of carboxylic acid groups (broad SMARTS) is 1. The van der Waals surface area contributed by atoms with Gasteiger partial charge in [0.1, 0.15) is 0 Å². The zero-order valence-electron chi connectivity index (χ0n) is 12.0. The molecular formula is C15H19Cl2NO3. The second kappa shape index (κ2) is 8.25. The van der Waals surface area contributed by atoms with Crippen molar-refractivity contribution < 1.29 is 14.7 Å². The van der Waals surface area contributed by atoms with Gasteiger partial charge in [0, 0.05) is 13.0 Å². The smallest absolute Gasteiger partial charge is 0.303 e. The minimum Gasteiger partial charge on any atom is -0.481 e. The van der Waals surface area contributed by atoms with Crippen LogP contribution in [0.1, 0.15) is 37.0 Å². The molecule has 1 amide bonds. The number of aliphatic carboxylic acids is 1. The van der Waals surface area contributed by atoms with Gasteiger partial charge in [-0.2, -0.15) is 0 Å². The van der Waals surface area contributed by atoms with Crippen molar-refractivity contribution in [3.63, 3.8) is 0 Å². The summed E-state index contributed by atoms with van der Waals surface area (Å²) >= 11 is 11.9. The molecule has 1 rings (SSSR count). The maximum atomic E-state index is 12.1. The molecule has 1 aromatic rings. The van der Waals surface area contributed by atoms with Gasteiger partial charge >= 0.3 is 5.97 Å². The van der Waals surface area contributed by atoms with Crippen molar-refractivity contribution >= 4 is 35.1 Å². The Balaban J connectivity index is 2.68. The number of rotatable bonds is 7. The van der Waals surface area contributed by atoms with E-state index in [2.05, 4.69) is 5.32 Å². The summed E-state index contributed by atoms with van der Waals surface area (Å²) in [6, 6.07) is 4.83. The molecule has 6 heteroatoms. The Labute approximate surface area is 134 Å². The molecule has 0 saturated heterocycles. The Morgan fingerprint density at radius 1 is 1.29 bits per heavy atom. The zero-order valence-corrected chi connectivity index (χ0v) is 13.5. The largest absolute Gasteiger partial charge is 0.481 e. The van der Waals surface area contributed by atoms with Crippen LogP contribution in [0.2, 0.25) is 10.0 Å². The molecule has 2 N–H and O–H groups in total. The lowest BCUT2D eigenvalue weighted by molar-refractivity contribution is -0.138. The van der Waals surface area contributed by atoms with Crippen molar-refractivity contribution in [3.05, 3.63) is 33.8 Å². The Morgan fingerprint density at radius 2 is 1.95 bits per heavy atom. The van der Waals surface area contributed by atoms with Crippen LogP contribution < -0.4 is 5.32 Å². The van der Waals surface area contributed by atoms with Crippen molar-refractivity contribution in [1.29, 1.82) is 0 Å². The van der Waals surface area contributed by atoms with Gasteiger partial charge in [0.15, 0.2) is 0 Å². The quantitative estimate of drug-likeness (QED) is 0.797. The number of nitrogens with one attached hydrogen (secondary N) is 1. The molecular weight excluding hydrogens is 313 g/mol. The second-order valence-electron chi connectivity index (χ2n) is 5.40. The third kappa shape index (κ3) is 5.94. The van der Waals surface area contributed by atoms with Crippen LogP contribution in [-0.2, 0) is 4.79 Å². The van der Waals surface area contributed by atoms with Crippen molar-refractivity contribution in [2.24, 2.45) is 11.8 Å². The molecule has 0 radical (unpaired) electrons. The summed E-state index contributed by atoms with van der Waals surface area (Å²) in [7, 11) is 0. The molecule has 0 spiro atoms. The molecule has 1 aromatic carbocycles. The molecule has 0 aliphatic carbocycles. The summed E-state index contributed by atoms with van der Waals surface area (Å²) in [6.45, 7) is 4.33. The van der Waals surface area contributed by atoms with Gasteiger partial charge in [-0.1, -0.05) is 43.1 Å². The monoisotopic (exact) mass is 331 g/mol. The first kappa shape index (κ1) is 17.8. The summed E-state index contributed by atoms with van der Waals surface area (Å²) in [5.41, 5.74) is 0.294. The summed E-state index contributed by atoms with van der Waals surface area (Å²) < 4.78 is 0. The molecule has 4 nitrogen and oxygen atoms in total. The third-order valence-electron chi connectivity index (χ3n) is 3.02. The predicted octanol–water partition coefficient (Wildman–Crippen LogP) is 3.86. The number of benzene rings is 1. The van der Waals surface area contributed by atoms with Gasteiger partial charge in [0.25, 0.3) is 5.91 Å². The van der Waals surface area contributed by atoms with E-state index in [1.165, 1.54) is 0 Å². The number of halogens is 2. The number of carboxylic acids is 1. The molecule has 0 bridgehead atoms. The minimum atomic E-state index is -0.865. The van der Waals surface area contributed by atoms with Crippen LogP contribution in [0.15, 0.2) is 18.2 Å². The lowest BCUT2D eigenvalue weighted by Gasteiger charge is -2.18. The average molecular weight is 332 g/mol. The second-order valence-corrected chi connectivity index (χ2v) is 6.19. The fraction of sp³-hybridized carbons (Fsp3) is 0.467. The van der Waals surface area contributed by atoms with Crippen molar-refractivity contribution in [1.82, 2.24) is 5.32 Å². The highest BCUT2D eigenvalue weighted by Gasteiger charge is 2.18. The Kier molecular flexibility index (Phi) is 6.99. The van der Waals surface area contributed by atoms with E-state index in [1.54, 1.807) is 18.2 Å². The van der Waals surface area contributed by atoms with Gasteiger partial charge in [-0.25, -0.2) is 0 Å². The molecule has 0 aromatic heterocycles. The standard InChI is InChI=1S/C15H19Cl2NO3/c1-9(2)6-10(7-13(19)20)8-18-15(21)11-4-3-5-12(16)14(11)17/h3-5,9-10H,6-8H2,1-2H3,(H,18,21)(H,19,20). The van der Waals surface area contributed by atoms with Crippen LogP contribution in [0, 0.1) is 11.8 Å². The molecule has 21 heavy (non-hydrogen) atoms. The topological polar surface area (TPSA) is 66.4 Å². The lowest BCUT2D eigenvalue weighted by Crippen LogP contribution is -2.31. The third-order valence-corrected chi connectivity index (χ3v) is 3.83. The summed E-state index contributed by atoms with van der Waals surface area (Å²) in [5.74, 6) is -0.956. The molecule has 0 fully saturated rings. The number of carbonyl (C=O) groups excluding carboxylic acids is 1. The Morgan fingerprint density at radius 3 is 2.52 bits per heavy atom. The van der Waals surface area contributed by atoms with Crippen LogP contribution in [-0.4, -0.2) is 23.5 Å². The average Bonchev–Trinajstić information content (AvgIpc) is 2.37. The first-order chi connectivity index (χ1) is 9.81. The molecule has 0 saturated carbocycles. The van der Waals surface area contributed by atoms with Crippen LogP contribution >= 0.6 is 23.2 Å². The van der Waals surface area contributed by atoms with Gasteiger partial charge in [0.05, 0.1) is 15.6 Å². The number of amides is 1. The van der Waals surface area contributed by atoms with Crippen molar-refractivity contribution in [2.75, 3.05) is 6.54 Å². The van der Waals surface area contributed by atoms with E-state index in [-0.39, 0.29) is 23.3 Å². The van der Waals surface area contributed by atoms with Crippen LogP contribution in [0.3, 0.4) is 0 Å². The van der Waals surface area contributed by atoms with Crippen LogP contribution in [0.5, 0.6) is 0 Å². The Hall–Kier alpha value is -1.26. The minimum absolute atomic E-state index is 0.0295. The molecule has 1 unspecified atom stereocenters. The summed E-state index contributed by atoms with van der Waals surface area (Å²) in [6.07, 6.45) is 0.762. The van der Waals surface area contributed by atoms with E-state index in [0.717, 1.165) is 6.42 Å². The van der Waals surface area contributed by atoms with Crippen molar-refractivity contribution in [2.45, 2.75) is 26.7 Å². The van der Waals surface area contributed by atoms with Crippen molar-refractivity contribution in [3.8, 4) is 0 Å². The van der Waals surface area contributed by atoms with E-state index in [0.29, 0.717) is 23.0 Å².